The van der Waals surface area contributed by atoms with Gasteiger partial charge >= 0.3 is 5.97 Å². The van der Waals surface area contributed by atoms with Gasteiger partial charge in [0, 0.05) is 17.1 Å². The van der Waals surface area contributed by atoms with E-state index in [0.717, 1.165) is 22.1 Å². The van der Waals surface area contributed by atoms with Gasteiger partial charge in [0.05, 0.1) is 18.5 Å². The molecule has 118 valence electrons. The van der Waals surface area contributed by atoms with Crippen molar-refractivity contribution in [2.24, 2.45) is 4.99 Å². The summed E-state index contributed by atoms with van der Waals surface area (Å²) < 4.78 is 4.85. The molecule has 0 unspecified atom stereocenters. The quantitative estimate of drug-likeness (QED) is 0.848. The van der Waals surface area contributed by atoms with E-state index in [2.05, 4.69) is 4.90 Å². The predicted octanol–water partition coefficient (Wildman–Crippen LogP) is 1.80. The summed E-state index contributed by atoms with van der Waals surface area (Å²) in [5.74, 6) is 1.66. The van der Waals surface area contributed by atoms with E-state index in [4.69, 9.17) is 9.73 Å². The number of hydrogen-bond donors (Lipinski definition) is 1. The first-order valence-corrected chi connectivity index (χ1v) is 9.05. The van der Waals surface area contributed by atoms with Gasteiger partial charge in [-0.3, -0.25) is 14.7 Å². The van der Waals surface area contributed by atoms with Gasteiger partial charge in [0.1, 0.15) is 16.8 Å². The first-order valence-electron chi connectivity index (χ1n) is 7.02. The summed E-state index contributed by atoms with van der Waals surface area (Å²) in [6, 6.07) is 7.17. The Bertz CT molecular complexity index is 608. The van der Waals surface area contributed by atoms with Crippen LogP contribution in [0.3, 0.4) is 0 Å². The Balaban J connectivity index is 1.75. The Labute approximate surface area is 138 Å². The molecule has 0 saturated carbocycles. The molecule has 1 saturated heterocycles. The number of nitrogens with zero attached hydrogens (tertiary/aromatic N) is 2. The number of aromatic hydroxyl groups is 1. The van der Waals surface area contributed by atoms with E-state index in [9.17, 15) is 9.90 Å². The average Bonchev–Trinajstić information content (AvgIpc) is 3.13. The van der Waals surface area contributed by atoms with Crippen molar-refractivity contribution in [1.29, 1.82) is 0 Å². The molecule has 0 bridgehead atoms. The second kappa shape index (κ2) is 6.52. The lowest BCUT2D eigenvalue weighted by Gasteiger charge is -2.25. The van der Waals surface area contributed by atoms with Crippen LogP contribution in [-0.2, 0) is 9.53 Å². The highest BCUT2D eigenvalue weighted by atomic mass is 32.2. The van der Waals surface area contributed by atoms with Crippen LogP contribution in [0.15, 0.2) is 29.3 Å². The molecule has 2 aliphatic heterocycles. The standard InChI is InChI=1S/C15H18N2O3S2/c1-17-11(15(19)20-2)8-22-14(17)10-7-21-13(16-10)9-5-3-4-6-12(9)18/h3-6,10-11,14,18H,7-8H2,1-2H3/t10-,11+,14-/m1/s1. The van der Waals surface area contributed by atoms with Crippen LogP contribution in [0.2, 0.25) is 0 Å². The van der Waals surface area contributed by atoms with Crippen molar-refractivity contribution in [3.8, 4) is 5.75 Å². The lowest BCUT2D eigenvalue weighted by molar-refractivity contribution is -0.145. The van der Waals surface area contributed by atoms with Gasteiger partial charge in [-0.05, 0) is 19.2 Å². The average molecular weight is 338 g/mol. The normalized spacial score (nSPS) is 28.6. The summed E-state index contributed by atoms with van der Waals surface area (Å²) in [5.41, 5.74) is 0.783. The number of para-hydroxylation sites is 1. The van der Waals surface area contributed by atoms with Crippen LogP contribution in [0.25, 0.3) is 0 Å². The largest absolute Gasteiger partial charge is 0.507 e. The van der Waals surface area contributed by atoms with Crippen molar-refractivity contribution in [1.82, 2.24) is 4.90 Å². The molecule has 2 heterocycles. The summed E-state index contributed by atoms with van der Waals surface area (Å²) in [6.07, 6.45) is 0. The lowest BCUT2D eigenvalue weighted by Crippen LogP contribution is -2.43. The molecule has 1 aromatic carbocycles. The number of rotatable bonds is 3. The van der Waals surface area contributed by atoms with Gasteiger partial charge in [0.25, 0.3) is 0 Å². The third kappa shape index (κ3) is 2.85. The van der Waals surface area contributed by atoms with E-state index in [1.165, 1.54) is 7.11 Å². The second-order valence-corrected chi connectivity index (χ2v) is 7.42. The van der Waals surface area contributed by atoms with Crippen LogP contribution < -0.4 is 0 Å². The van der Waals surface area contributed by atoms with E-state index in [-0.39, 0.29) is 29.2 Å². The minimum absolute atomic E-state index is 0.115. The van der Waals surface area contributed by atoms with E-state index < -0.39 is 0 Å². The monoisotopic (exact) mass is 338 g/mol. The Kier molecular flexibility index (Phi) is 4.65. The van der Waals surface area contributed by atoms with E-state index in [1.54, 1.807) is 35.7 Å². The Hall–Kier alpha value is -1.18. The number of hydrogen-bond acceptors (Lipinski definition) is 7. The van der Waals surface area contributed by atoms with Crippen LogP contribution in [0, 0.1) is 0 Å². The second-order valence-electron chi connectivity index (χ2n) is 5.26. The SMILES string of the molecule is COC(=O)[C@@H]1CS[C@H]([C@H]2CSC(c3ccccc3O)=N2)N1C. The Morgan fingerprint density at radius 1 is 1.41 bits per heavy atom. The Morgan fingerprint density at radius 2 is 2.18 bits per heavy atom. The molecule has 1 aromatic rings. The highest BCUT2D eigenvalue weighted by molar-refractivity contribution is 8.14. The van der Waals surface area contributed by atoms with Gasteiger partial charge in [0.2, 0.25) is 0 Å². The summed E-state index contributed by atoms with van der Waals surface area (Å²) in [7, 11) is 3.37. The van der Waals surface area contributed by atoms with Gasteiger partial charge in [-0.1, -0.05) is 12.1 Å². The highest BCUT2D eigenvalue weighted by Gasteiger charge is 2.42. The molecule has 22 heavy (non-hydrogen) atoms. The summed E-state index contributed by atoms with van der Waals surface area (Å²) in [4.78, 5) is 18.6. The molecule has 0 amide bonds. The fourth-order valence-corrected chi connectivity index (χ4v) is 5.45. The van der Waals surface area contributed by atoms with Crippen molar-refractivity contribution in [2.45, 2.75) is 17.5 Å². The number of aliphatic imine (C=N–C) groups is 1. The maximum atomic E-state index is 11.8. The van der Waals surface area contributed by atoms with Crippen LogP contribution >= 0.6 is 23.5 Å². The zero-order chi connectivity index (χ0) is 15.7. The molecular formula is C15H18N2O3S2. The summed E-state index contributed by atoms with van der Waals surface area (Å²) in [6.45, 7) is 0. The fourth-order valence-electron chi connectivity index (χ4n) is 2.69. The molecular weight excluding hydrogens is 320 g/mol. The highest BCUT2D eigenvalue weighted by Crippen LogP contribution is 2.37. The third-order valence-electron chi connectivity index (χ3n) is 3.93. The van der Waals surface area contributed by atoms with Crippen molar-refractivity contribution in [3.05, 3.63) is 29.8 Å². The Morgan fingerprint density at radius 3 is 2.91 bits per heavy atom. The fraction of sp³-hybridized carbons (Fsp3) is 0.467. The topological polar surface area (TPSA) is 62.1 Å². The van der Waals surface area contributed by atoms with E-state index in [1.807, 2.05) is 19.2 Å². The molecule has 1 fully saturated rings. The number of likely N-dealkylation sites (N-methyl/N-ethyl adjacent to an activating group) is 1. The molecule has 0 aromatic heterocycles. The lowest BCUT2D eigenvalue weighted by atomic mass is 10.2. The maximum absolute atomic E-state index is 11.8. The van der Waals surface area contributed by atoms with Crippen molar-refractivity contribution in [2.75, 3.05) is 25.7 Å². The molecule has 0 spiro atoms. The molecule has 3 rings (SSSR count). The molecule has 0 aliphatic carbocycles. The maximum Gasteiger partial charge on any atom is 0.323 e. The number of phenols is 1. The molecule has 7 heteroatoms. The number of carbonyl (C=O) groups excluding carboxylic acids is 1. The minimum atomic E-state index is -0.200. The summed E-state index contributed by atoms with van der Waals surface area (Å²) >= 11 is 3.40. The minimum Gasteiger partial charge on any atom is -0.507 e. The zero-order valence-electron chi connectivity index (χ0n) is 12.4. The van der Waals surface area contributed by atoms with Gasteiger partial charge in [-0.25, -0.2) is 0 Å². The van der Waals surface area contributed by atoms with Crippen LogP contribution in [0.1, 0.15) is 5.56 Å². The third-order valence-corrected chi connectivity index (χ3v) is 6.53. The number of benzene rings is 1. The molecule has 0 radical (unpaired) electrons. The van der Waals surface area contributed by atoms with Crippen LogP contribution in [0.4, 0.5) is 0 Å². The van der Waals surface area contributed by atoms with Crippen molar-refractivity contribution < 1.29 is 14.6 Å². The van der Waals surface area contributed by atoms with Gasteiger partial charge < -0.3 is 9.84 Å². The number of esters is 1. The zero-order valence-corrected chi connectivity index (χ0v) is 14.1. The van der Waals surface area contributed by atoms with Gasteiger partial charge in [-0.2, -0.15) is 0 Å². The number of methoxy groups -OCH3 is 1. The number of thioether (sulfide) groups is 2. The van der Waals surface area contributed by atoms with Crippen molar-refractivity contribution in [3.63, 3.8) is 0 Å². The number of ether oxygens (including phenoxy) is 1. The van der Waals surface area contributed by atoms with E-state index in [0.29, 0.717) is 0 Å². The first kappa shape index (κ1) is 15.7. The predicted molar refractivity (Wildman–Crippen MR) is 90.7 cm³/mol. The van der Waals surface area contributed by atoms with Crippen molar-refractivity contribution >= 4 is 34.5 Å². The van der Waals surface area contributed by atoms with Crippen LogP contribution in [0.5, 0.6) is 5.75 Å². The molecule has 3 atom stereocenters. The molecule has 1 N–H and O–H groups in total. The van der Waals surface area contributed by atoms with Gasteiger partial charge in [-0.15, -0.1) is 23.5 Å². The number of carbonyl (C=O) groups is 1. The van der Waals surface area contributed by atoms with E-state index >= 15 is 0 Å². The molecule has 5 nitrogen and oxygen atoms in total. The van der Waals surface area contributed by atoms with Gasteiger partial charge in [0.15, 0.2) is 0 Å². The smallest absolute Gasteiger partial charge is 0.323 e. The number of phenolic OH excluding ortho intramolecular Hbond substituents is 1. The van der Waals surface area contributed by atoms with Crippen LogP contribution in [-0.4, -0.2) is 64.1 Å². The summed E-state index contributed by atoms with van der Waals surface area (Å²) in [5, 5.41) is 11.0. The first-order chi connectivity index (χ1) is 10.6. The molecule has 2 aliphatic rings.